The summed E-state index contributed by atoms with van der Waals surface area (Å²) < 4.78 is 87.3. The second-order valence-corrected chi connectivity index (χ2v) is 8.47. The molecule has 0 aliphatic heterocycles. The predicted octanol–water partition coefficient (Wildman–Crippen LogP) is 5.00. The fourth-order valence-corrected chi connectivity index (χ4v) is 6.01. The fourth-order valence-electron chi connectivity index (χ4n) is 6.01. The molecular weight excluding hydrogens is 350 g/mol. The highest BCUT2D eigenvalue weighted by atomic mass is 19.4. The lowest BCUT2D eigenvalue weighted by Gasteiger charge is -2.65. The lowest BCUT2D eigenvalue weighted by Crippen LogP contribution is -2.73. The molecule has 8 heteroatoms. The van der Waals surface area contributed by atoms with Crippen LogP contribution in [0.15, 0.2) is 0 Å². The monoisotopic (exact) mass is 374 g/mol. The second-order valence-electron chi connectivity index (χ2n) is 8.47. The Bertz CT molecular complexity index is 498. The summed E-state index contributed by atoms with van der Waals surface area (Å²) in [6.45, 7) is 3.65. The van der Waals surface area contributed by atoms with E-state index in [4.69, 9.17) is 4.74 Å². The molecule has 4 bridgehead atoms. The summed E-state index contributed by atoms with van der Waals surface area (Å²) in [5, 5.41) is 10.1. The van der Waals surface area contributed by atoms with E-state index in [2.05, 4.69) is 0 Å². The van der Waals surface area contributed by atoms with Crippen molar-refractivity contribution >= 4 is 0 Å². The van der Waals surface area contributed by atoms with E-state index >= 15 is 0 Å². The third-order valence-corrected chi connectivity index (χ3v) is 6.62. The Balaban J connectivity index is 2.06. The minimum atomic E-state index is -5.77. The molecule has 0 heterocycles. The van der Waals surface area contributed by atoms with E-state index in [1.54, 1.807) is 6.92 Å². The van der Waals surface area contributed by atoms with Crippen LogP contribution < -0.4 is 0 Å². The molecule has 146 valence electrons. The zero-order valence-corrected chi connectivity index (χ0v) is 14.3. The van der Waals surface area contributed by atoms with Crippen molar-refractivity contribution < 1.29 is 36.2 Å². The molecule has 0 aromatic rings. The molecular formula is C17H24F6O2. The van der Waals surface area contributed by atoms with Crippen LogP contribution in [0.3, 0.4) is 0 Å². The lowest BCUT2D eigenvalue weighted by atomic mass is 9.43. The smallest absolute Gasteiger partial charge is 0.373 e. The highest BCUT2D eigenvalue weighted by Crippen LogP contribution is 2.70. The van der Waals surface area contributed by atoms with Gasteiger partial charge >= 0.3 is 12.4 Å². The van der Waals surface area contributed by atoms with Crippen molar-refractivity contribution in [2.75, 3.05) is 0 Å². The van der Waals surface area contributed by atoms with E-state index in [1.165, 1.54) is 0 Å². The van der Waals surface area contributed by atoms with Gasteiger partial charge in [-0.2, -0.15) is 26.3 Å². The Morgan fingerprint density at radius 3 is 1.88 bits per heavy atom. The number of halogens is 6. The average Bonchev–Trinajstić information content (AvgIpc) is 2.41. The third kappa shape index (κ3) is 2.69. The minimum absolute atomic E-state index is 0.238. The quantitative estimate of drug-likeness (QED) is 0.702. The molecule has 0 aromatic heterocycles. The van der Waals surface area contributed by atoms with Gasteiger partial charge in [0.15, 0.2) is 0 Å². The summed E-state index contributed by atoms with van der Waals surface area (Å²) in [6, 6.07) is 0. The molecule has 4 fully saturated rings. The van der Waals surface area contributed by atoms with Crippen LogP contribution >= 0.6 is 0 Å². The van der Waals surface area contributed by atoms with E-state index in [1.807, 2.05) is 6.92 Å². The van der Waals surface area contributed by atoms with E-state index in [-0.39, 0.29) is 37.2 Å². The standard InChI is InChI=1S/C17H24F6O2/c1-3-10(2)25-14-7-11-4-12(8-14)6-13(5-11,9-14)15(24,16(18,19)20)17(21,22)23/h10-12,24H,3-9H2,1-2H3. The summed E-state index contributed by atoms with van der Waals surface area (Å²) in [4.78, 5) is 0. The first-order valence-electron chi connectivity index (χ1n) is 8.81. The number of alkyl halides is 6. The topological polar surface area (TPSA) is 29.5 Å². The molecule has 0 radical (unpaired) electrons. The third-order valence-electron chi connectivity index (χ3n) is 6.62. The number of rotatable bonds is 4. The van der Waals surface area contributed by atoms with Crippen molar-refractivity contribution in [2.45, 2.75) is 88.5 Å². The number of aliphatic hydroxyl groups is 1. The Hall–Kier alpha value is -0.500. The minimum Gasteiger partial charge on any atom is -0.373 e. The van der Waals surface area contributed by atoms with Crippen molar-refractivity contribution in [2.24, 2.45) is 17.3 Å². The van der Waals surface area contributed by atoms with Gasteiger partial charge in [0.25, 0.3) is 5.60 Å². The van der Waals surface area contributed by atoms with Gasteiger partial charge in [0.2, 0.25) is 0 Å². The zero-order chi connectivity index (χ0) is 18.9. The highest BCUT2D eigenvalue weighted by molar-refractivity contribution is 5.19. The predicted molar refractivity (Wildman–Crippen MR) is 77.7 cm³/mol. The van der Waals surface area contributed by atoms with Gasteiger partial charge in [0, 0.05) is 5.41 Å². The summed E-state index contributed by atoms with van der Waals surface area (Å²) >= 11 is 0. The maximum absolute atomic E-state index is 13.6. The van der Waals surface area contributed by atoms with Crippen molar-refractivity contribution in [3.63, 3.8) is 0 Å². The Labute approximate surface area is 142 Å². The van der Waals surface area contributed by atoms with E-state index < -0.39 is 29.0 Å². The van der Waals surface area contributed by atoms with Gasteiger partial charge < -0.3 is 9.84 Å². The maximum Gasteiger partial charge on any atom is 0.426 e. The second kappa shape index (κ2) is 5.50. The van der Waals surface area contributed by atoms with Crippen LogP contribution in [0.2, 0.25) is 0 Å². The summed E-state index contributed by atoms with van der Waals surface area (Å²) in [5.41, 5.74) is -7.92. The fraction of sp³-hybridized carbons (Fsp3) is 1.00. The summed E-state index contributed by atoms with van der Waals surface area (Å²) in [6.07, 6.45) is -10.4. The largest absolute Gasteiger partial charge is 0.426 e. The molecule has 2 nitrogen and oxygen atoms in total. The molecule has 4 aliphatic rings. The van der Waals surface area contributed by atoms with Crippen molar-refractivity contribution in [3.05, 3.63) is 0 Å². The van der Waals surface area contributed by atoms with Crippen molar-refractivity contribution in [3.8, 4) is 0 Å². The van der Waals surface area contributed by atoms with E-state index in [0.717, 1.165) is 0 Å². The van der Waals surface area contributed by atoms with Gasteiger partial charge in [-0.1, -0.05) is 6.92 Å². The molecule has 4 saturated carbocycles. The molecule has 4 aliphatic carbocycles. The zero-order valence-electron chi connectivity index (χ0n) is 14.3. The molecule has 25 heavy (non-hydrogen) atoms. The molecule has 3 unspecified atom stereocenters. The molecule has 0 spiro atoms. The van der Waals surface area contributed by atoms with E-state index in [9.17, 15) is 31.4 Å². The van der Waals surface area contributed by atoms with Crippen LogP contribution in [0.1, 0.15) is 58.8 Å². The first-order chi connectivity index (χ1) is 11.3. The van der Waals surface area contributed by atoms with Gasteiger partial charge in [-0.25, -0.2) is 0 Å². The Kier molecular flexibility index (Phi) is 4.24. The molecule has 3 atom stereocenters. The van der Waals surface area contributed by atoms with Gasteiger partial charge in [-0.3, -0.25) is 0 Å². The van der Waals surface area contributed by atoms with Crippen LogP contribution in [0.4, 0.5) is 26.3 Å². The Morgan fingerprint density at radius 2 is 1.48 bits per heavy atom. The number of ether oxygens (including phenoxy) is 1. The Morgan fingerprint density at radius 1 is 1.00 bits per heavy atom. The maximum atomic E-state index is 13.6. The van der Waals surface area contributed by atoms with Crippen LogP contribution in [0, 0.1) is 17.3 Å². The van der Waals surface area contributed by atoms with Gasteiger partial charge in [-0.15, -0.1) is 0 Å². The lowest BCUT2D eigenvalue weighted by molar-refractivity contribution is -0.424. The average molecular weight is 374 g/mol. The van der Waals surface area contributed by atoms with Crippen LogP contribution in [-0.4, -0.2) is 34.8 Å². The normalized spacial score (nSPS) is 39.7. The van der Waals surface area contributed by atoms with Crippen LogP contribution in [-0.2, 0) is 4.74 Å². The molecule has 0 amide bonds. The van der Waals surface area contributed by atoms with Crippen molar-refractivity contribution in [1.82, 2.24) is 0 Å². The molecule has 0 saturated heterocycles. The van der Waals surface area contributed by atoms with Gasteiger partial charge in [0.1, 0.15) is 0 Å². The summed E-state index contributed by atoms with van der Waals surface area (Å²) in [7, 11) is 0. The summed E-state index contributed by atoms with van der Waals surface area (Å²) in [5.74, 6) is -0.525. The van der Waals surface area contributed by atoms with E-state index in [0.29, 0.717) is 25.7 Å². The number of hydrogen-bond donors (Lipinski definition) is 1. The molecule has 1 N–H and O–H groups in total. The first-order valence-corrected chi connectivity index (χ1v) is 8.81. The highest BCUT2D eigenvalue weighted by Gasteiger charge is 2.82. The molecule has 0 aromatic carbocycles. The van der Waals surface area contributed by atoms with Crippen LogP contribution in [0.5, 0.6) is 0 Å². The SMILES string of the molecule is CCC(C)OC12CC3CC(C1)CC(C(O)(C(F)(F)F)C(F)(F)F)(C3)C2. The van der Waals surface area contributed by atoms with Crippen molar-refractivity contribution in [1.29, 1.82) is 0 Å². The molecule has 4 rings (SSSR count). The number of hydrogen-bond acceptors (Lipinski definition) is 2. The van der Waals surface area contributed by atoms with Gasteiger partial charge in [-0.05, 0) is 63.7 Å². The van der Waals surface area contributed by atoms with Crippen LogP contribution in [0.25, 0.3) is 0 Å². The first kappa shape index (κ1) is 19.3. The van der Waals surface area contributed by atoms with Gasteiger partial charge in [0.05, 0.1) is 11.7 Å².